The Hall–Kier alpha value is -1.66. The van der Waals surface area contributed by atoms with Crippen molar-refractivity contribution in [1.29, 1.82) is 0 Å². The SMILES string of the molecule is CN1CCOC(COc2ccccc2[N+](=O)[O-])C1. The van der Waals surface area contributed by atoms with Crippen molar-refractivity contribution < 1.29 is 14.4 Å². The summed E-state index contributed by atoms with van der Waals surface area (Å²) >= 11 is 0. The van der Waals surface area contributed by atoms with Gasteiger partial charge in [0.1, 0.15) is 12.7 Å². The molecule has 6 heteroatoms. The summed E-state index contributed by atoms with van der Waals surface area (Å²) in [5, 5.41) is 10.8. The van der Waals surface area contributed by atoms with E-state index in [-0.39, 0.29) is 11.8 Å². The summed E-state index contributed by atoms with van der Waals surface area (Å²) in [7, 11) is 2.01. The third kappa shape index (κ3) is 3.18. The first-order valence-corrected chi connectivity index (χ1v) is 5.83. The van der Waals surface area contributed by atoms with Crippen molar-refractivity contribution in [3.63, 3.8) is 0 Å². The van der Waals surface area contributed by atoms with E-state index in [2.05, 4.69) is 4.90 Å². The van der Waals surface area contributed by atoms with Gasteiger partial charge in [0.05, 0.1) is 11.5 Å². The molecule has 1 aromatic carbocycles. The van der Waals surface area contributed by atoms with Crippen LogP contribution in [0.1, 0.15) is 0 Å². The molecule has 98 valence electrons. The van der Waals surface area contributed by atoms with E-state index in [1.807, 2.05) is 7.05 Å². The maximum absolute atomic E-state index is 10.8. The molecule has 0 amide bonds. The van der Waals surface area contributed by atoms with Crippen molar-refractivity contribution in [2.75, 3.05) is 33.4 Å². The third-order valence-corrected chi connectivity index (χ3v) is 2.83. The van der Waals surface area contributed by atoms with E-state index in [0.717, 1.165) is 13.1 Å². The Morgan fingerprint density at radius 1 is 1.56 bits per heavy atom. The molecular formula is C12H16N2O4. The zero-order valence-electron chi connectivity index (χ0n) is 10.2. The van der Waals surface area contributed by atoms with Gasteiger partial charge in [0.15, 0.2) is 5.75 Å². The number of ether oxygens (including phenoxy) is 2. The largest absolute Gasteiger partial charge is 0.484 e. The molecule has 0 saturated carbocycles. The summed E-state index contributed by atoms with van der Waals surface area (Å²) in [6.07, 6.45) is -0.0384. The molecule has 0 bridgehead atoms. The topological polar surface area (TPSA) is 64.8 Å². The van der Waals surface area contributed by atoms with E-state index < -0.39 is 4.92 Å². The van der Waals surface area contributed by atoms with Gasteiger partial charge >= 0.3 is 5.69 Å². The van der Waals surface area contributed by atoms with Crippen molar-refractivity contribution in [2.24, 2.45) is 0 Å². The number of nitro benzene ring substituents is 1. The lowest BCUT2D eigenvalue weighted by molar-refractivity contribution is -0.385. The van der Waals surface area contributed by atoms with Crippen molar-refractivity contribution in [2.45, 2.75) is 6.10 Å². The Balaban J connectivity index is 1.95. The molecule has 18 heavy (non-hydrogen) atoms. The first-order chi connectivity index (χ1) is 8.66. The molecule has 2 rings (SSSR count). The monoisotopic (exact) mass is 252 g/mol. The fraction of sp³-hybridized carbons (Fsp3) is 0.500. The normalized spacial score (nSPS) is 20.6. The molecule has 1 unspecified atom stereocenters. The minimum Gasteiger partial charge on any atom is -0.484 e. The molecule has 0 spiro atoms. The highest BCUT2D eigenvalue weighted by atomic mass is 16.6. The number of para-hydroxylation sites is 2. The van der Waals surface area contributed by atoms with Crippen molar-refractivity contribution in [3.8, 4) is 5.75 Å². The summed E-state index contributed by atoms with van der Waals surface area (Å²) in [4.78, 5) is 12.5. The second-order valence-electron chi connectivity index (χ2n) is 4.29. The Labute approximate surface area is 105 Å². The second-order valence-corrected chi connectivity index (χ2v) is 4.29. The van der Waals surface area contributed by atoms with Crippen LogP contribution in [0, 0.1) is 10.1 Å². The fourth-order valence-corrected chi connectivity index (χ4v) is 1.88. The zero-order chi connectivity index (χ0) is 13.0. The highest BCUT2D eigenvalue weighted by Gasteiger charge is 2.20. The van der Waals surface area contributed by atoms with Crippen LogP contribution in [-0.4, -0.2) is 49.3 Å². The Morgan fingerprint density at radius 2 is 2.33 bits per heavy atom. The number of hydrogen-bond acceptors (Lipinski definition) is 5. The van der Waals surface area contributed by atoms with Gasteiger partial charge in [0, 0.05) is 19.2 Å². The lowest BCUT2D eigenvalue weighted by Crippen LogP contribution is -2.42. The second kappa shape index (κ2) is 5.79. The van der Waals surface area contributed by atoms with Gasteiger partial charge in [-0.1, -0.05) is 12.1 Å². The summed E-state index contributed by atoms with van der Waals surface area (Å²) in [5.41, 5.74) is -0.0123. The van der Waals surface area contributed by atoms with E-state index in [9.17, 15) is 10.1 Å². The molecule has 1 heterocycles. The maximum Gasteiger partial charge on any atom is 0.310 e. The van der Waals surface area contributed by atoms with E-state index in [1.54, 1.807) is 18.2 Å². The third-order valence-electron chi connectivity index (χ3n) is 2.83. The molecule has 1 fully saturated rings. The van der Waals surface area contributed by atoms with Gasteiger partial charge in [0.2, 0.25) is 0 Å². The molecular weight excluding hydrogens is 236 g/mol. The average Bonchev–Trinajstić information content (AvgIpc) is 2.37. The number of rotatable bonds is 4. The van der Waals surface area contributed by atoms with Gasteiger partial charge < -0.3 is 14.4 Å². The number of nitro groups is 1. The highest BCUT2D eigenvalue weighted by Crippen LogP contribution is 2.26. The van der Waals surface area contributed by atoms with Crippen LogP contribution in [0.5, 0.6) is 5.75 Å². The Morgan fingerprint density at radius 3 is 3.06 bits per heavy atom. The van der Waals surface area contributed by atoms with E-state index in [1.165, 1.54) is 6.07 Å². The standard InChI is InChI=1S/C12H16N2O4/c1-13-6-7-17-10(8-13)9-18-12-5-3-2-4-11(12)14(15)16/h2-5,10H,6-9H2,1H3. The van der Waals surface area contributed by atoms with Gasteiger partial charge in [-0.3, -0.25) is 10.1 Å². The minimum absolute atomic E-state index is 0.0123. The van der Waals surface area contributed by atoms with Crippen LogP contribution in [0.2, 0.25) is 0 Å². The molecule has 6 nitrogen and oxygen atoms in total. The maximum atomic E-state index is 10.8. The van der Waals surface area contributed by atoms with E-state index in [0.29, 0.717) is 19.0 Å². The van der Waals surface area contributed by atoms with Crippen molar-refractivity contribution in [3.05, 3.63) is 34.4 Å². The zero-order valence-corrected chi connectivity index (χ0v) is 10.2. The molecule has 1 aliphatic rings. The number of benzene rings is 1. The molecule has 0 radical (unpaired) electrons. The lowest BCUT2D eigenvalue weighted by atomic mass is 10.3. The van der Waals surface area contributed by atoms with E-state index in [4.69, 9.17) is 9.47 Å². The van der Waals surface area contributed by atoms with Crippen LogP contribution in [0.4, 0.5) is 5.69 Å². The van der Waals surface area contributed by atoms with Crippen LogP contribution in [-0.2, 0) is 4.74 Å². The highest BCUT2D eigenvalue weighted by molar-refractivity contribution is 5.45. The van der Waals surface area contributed by atoms with E-state index >= 15 is 0 Å². The van der Waals surface area contributed by atoms with Crippen molar-refractivity contribution >= 4 is 5.69 Å². The predicted molar refractivity (Wildman–Crippen MR) is 65.8 cm³/mol. The van der Waals surface area contributed by atoms with Gasteiger partial charge in [-0.05, 0) is 13.1 Å². The summed E-state index contributed by atoms with van der Waals surface area (Å²) in [6.45, 7) is 2.68. The number of nitrogens with zero attached hydrogens (tertiary/aromatic N) is 2. The molecule has 1 aromatic rings. The smallest absolute Gasteiger partial charge is 0.310 e. The molecule has 1 atom stereocenters. The number of morpholine rings is 1. The summed E-state index contributed by atoms with van der Waals surface area (Å²) < 4.78 is 11.0. The first kappa shape index (κ1) is 12.8. The van der Waals surface area contributed by atoms with Crippen LogP contribution in [0.25, 0.3) is 0 Å². The van der Waals surface area contributed by atoms with Crippen LogP contribution in [0.3, 0.4) is 0 Å². The van der Waals surface area contributed by atoms with Crippen molar-refractivity contribution in [1.82, 2.24) is 4.90 Å². The fourth-order valence-electron chi connectivity index (χ4n) is 1.88. The summed E-state index contributed by atoms with van der Waals surface area (Å²) in [6, 6.07) is 6.37. The van der Waals surface area contributed by atoms with Gasteiger partial charge in [-0.15, -0.1) is 0 Å². The predicted octanol–water partition coefficient (Wildman–Crippen LogP) is 1.30. The lowest BCUT2D eigenvalue weighted by Gasteiger charge is -2.29. The molecule has 0 aromatic heterocycles. The van der Waals surface area contributed by atoms with Gasteiger partial charge in [-0.2, -0.15) is 0 Å². The van der Waals surface area contributed by atoms with Gasteiger partial charge in [0.25, 0.3) is 0 Å². The molecule has 0 N–H and O–H groups in total. The van der Waals surface area contributed by atoms with Crippen LogP contribution in [0.15, 0.2) is 24.3 Å². The van der Waals surface area contributed by atoms with Crippen LogP contribution >= 0.6 is 0 Å². The quantitative estimate of drug-likeness (QED) is 0.597. The number of likely N-dealkylation sites (N-methyl/N-ethyl adjacent to an activating group) is 1. The molecule has 0 aliphatic carbocycles. The summed E-state index contributed by atoms with van der Waals surface area (Å²) in [5.74, 6) is 0.291. The number of hydrogen-bond donors (Lipinski definition) is 0. The van der Waals surface area contributed by atoms with Gasteiger partial charge in [-0.25, -0.2) is 0 Å². The Kier molecular flexibility index (Phi) is 4.11. The first-order valence-electron chi connectivity index (χ1n) is 5.83. The molecule has 1 aliphatic heterocycles. The molecule has 1 saturated heterocycles. The van der Waals surface area contributed by atoms with Crippen LogP contribution < -0.4 is 4.74 Å². The average molecular weight is 252 g/mol. The minimum atomic E-state index is -0.441. The Bertz CT molecular complexity index is 424.